The highest BCUT2D eigenvalue weighted by atomic mass is 35.5. The molecule has 0 fully saturated rings. The van der Waals surface area contributed by atoms with Crippen LogP contribution in [0.1, 0.15) is 12.5 Å². The molecule has 19 heavy (non-hydrogen) atoms. The second-order valence-electron chi connectivity index (χ2n) is 3.78. The minimum Gasteiger partial charge on any atom is -0.490 e. The molecule has 102 valence electrons. The molecule has 5 nitrogen and oxygen atoms in total. The molecule has 1 aliphatic heterocycles. The molecule has 1 aliphatic rings. The predicted molar refractivity (Wildman–Crippen MR) is 69.1 cm³/mol. The van der Waals surface area contributed by atoms with E-state index in [4.69, 9.17) is 16.3 Å². The van der Waals surface area contributed by atoms with Crippen LogP contribution in [0.3, 0.4) is 0 Å². The Hall–Kier alpha value is -1.82. The molecular formula is C12H12ClFN2O3. The first-order chi connectivity index (χ1) is 9.11. The van der Waals surface area contributed by atoms with Gasteiger partial charge in [0.1, 0.15) is 0 Å². The summed E-state index contributed by atoms with van der Waals surface area (Å²) in [5, 5.41) is 3.28. The van der Waals surface area contributed by atoms with Gasteiger partial charge in [-0.05, 0) is 13.0 Å². The van der Waals surface area contributed by atoms with E-state index in [1.165, 1.54) is 6.07 Å². The second-order valence-corrected chi connectivity index (χ2v) is 4.14. The number of carbonyl (C=O) groups is 1. The number of esters is 1. The molecule has 0 aromatic heterocycles. The van der Waals surface area contributed by atoms with Gasteiger partial charge in [-0.3, -0.25) is 5.43 Å². The van der Waals surface area contributed by atoms with E-state index in [1.807, 2.05) is 0 Å². The number of benzene rings is 1. The lowest BCUT2D eigenvalue weighted by atomic mass is 10.1. The Labute approximate surface area is 114 Å². The van der Waals surface area contributed by atoms with Crippen molar-refractivity contribution in [1.82, 2.24) is 0 Å². The van der Waals surface area contributed by atoms with Gasteiger partial charge in [0.25, 0.3) is 0 Å². The highest BCUT2D eigenvalue weighted by Gasteiger charge is 2.18. The fourth-order valence-electron chi connectivity index (χ4n) is 1.68. The largest absolute Gasteiger partial charge is 0.490 e. The van der Waals surface area contributed by atoms with E-state index in [-0.39, 0.29) is 17.5 Å². The lowest BCUT2D eigenvalue weighted by Gasteiger charge is -2.05. The van der Waals surface area contributed by atoms with E-state index in [0.717, 1.165) is 5.56 Å². The third-order valence-electron chi connectivity index (χ3n) is 2.47. The third kappa shape index (κ3) is 3.14. The molecule has 0 amide bonds. The van der Waals surface area contributed by atoms with Crippen LogP contribution in [0.25, 0.3) is 0 Å². The van der Waals surface area contributed by atoms with Gasteiger partial charge in [-0.2, -0.15) is 5.10 Å². The average molecular weight is 287 g/mol. The number of rotatable bonds is 4. The van der Waals surface area contributed by atoms with E-state index in [0.29, 0.717) is 18.7 Å². The van der Waals surface area contributed by atoms with Gasteiger partial charge in [-0.1, -0.05) is 11.6 Å². The summed E-state index contributed by atoms with van der Waals surface area (Å²) in [4.78, 5) is 11.2. The number of nitrogens with zero attached hydrogens (tertiary/aromatic N) is 1. The van der Waals surface area contributed by atoms with Crippen LogP contribution in [0.4, 0.5) is 10.1 Å². The molecule has 0 atom stereocenters. The summed E-state index contributed by atoms with van der Waals surface area (Å²) in [5.74, 6) is -0.937. The van der Waals surface area contributed by atoms with Crippen molar-refractivity contribution in [3.8, 4) is 5.75 Å². The van der Waals surface area contributed by atoms with Crippen molar-refractivity contribution in [1.29, 1.82) is 0 Å². The Morgan fingerprint density at radius 1 is 1.63 bits per heavy atom. The van der Waals surface area contributed by atoms with E-state index in [2.05, 4.69) is 15.3 Å². The number of nitrogens with one attached hydrogen (secondary N) is 1. The third-order valence-corrected chi connectivity index (χ3v) is 2.70. The molecule has 0 saturated carbocycles. The van der Waals surface area contributed by atoms with E-state index < -0.39 is 11.8 Å². The summed E-state index contributed by atoms with van der Waals surface area (Å²) in [6.45, 7) is 2.32. The molecule has 0 radical (unpaired) electrons. The normalized spacial score (nSPS) is 13.7. The SMILES string of the molecule is CCOC(=O)C(Cl)=NNc1cc(F)c2c(c1)CCO2. The summed E-state index contributed by atoms with van der Waals surface area (Å²) >= 11 is 5.61. The summed E-state index contributed by atoms with van der Waals surface area (Å²) < 4.78 is 23.4. The van der Waals surface area contributed by atoms with Gasteiger partial charge in [0.05, 0.1) is 18.9 Å². The maximum absolute atomic E-state index is 13.6. The van der Waals surface area contributed by atoms with E-state index in [9.17, 15) is 9.18 Å². The molecular weight excluding hydrogens is 275 g/mol. The van der Waals surface area contributed by atoms with Crippen molar-refractivity contribution in [2.45, 2.75) is 13.3 Å². The van der Waals surface area contributed by atoms with Crippen molar-refractivity contribution >= 4 is 28.4 Å². The lowest BCUT2D eigenvalue weighted by molar-refractivity contribution is -0.134. The fourth-order valence-corrected chi connectivity index (χ4v) is 1.77. The van der Waals surface area contributed by atoms with Crippen LogP contribution >= 0.6 is 11.6 Å². The number of hydrogen-bond acceptors (Lipinski definition) is 5. The van der Waals surface area contributed by atoms with Crippen LogP contribution in [-0.2, 0) is 16.0 Å². The standard InChI is InChI=1S/C12H12ClFN2O3/c1-2-18-12(17)11(13)16-15-8-5-7-3-4-19-10(7)9(14)6-8/h5-6,15H,2-4H2,1H3. The van der Waals surface area contributed by atoms with Gasteiger partial charge in [-0.25, -0.2) is 9.18 Å². The smallest absolute Gasteiger partial charge is 0.370 e. The van der Waals surface area contributed by atoms with Gasteiger partial charge >= 0.3 is 5.97 Å². The Kier molecular flexibility index (Phi) is 4.21. The summed E-state index contributed by atoms with van der Waals surface area (Å²) in [6, 6.07) is 2.92. The van der Waals surface area contributed by atoms with Gasteiger partial charge in [0.15, 0.2) is 11.6 Å². The quantitative estimate of drug-likeness (QED) is 0.524. The Morgan fingerprint density at radius 2 is 2.42 bits per heavy atom. The van der Waals surface area contributed by atoms with Crippen molar-refractivity contribution in [3.05, 3.63) is 23.5 Å². The highest BCUT2D eigenvalue weighted by molar-refractivity contribution is 6.82. The van der Waals surface area contributed by atoms with Crippen LogP contribution in [0.15, 0.2) is 17.2 Å². The number of halogens is 2. The topological polar surface area (TPSA) is 59.9 Å². The molecule has 1 N–H and O–H groups in total. The van der Waals surface area contributed by atoms with Gasteiger partial charge < -0.3 is 9.47 Å². The molecule has 1 aromatic rings. The monoisotopic (exact) mass is 286 g/mol. The molecule has 1 aromatic carbocycles. The molecule has 2 rings (SSSR count). The molecule has 0 bridgehead atoms. The zero-order valence-corrected chi connectivity index (χ0v) is 11.0. The first-order valence-electron chi connectivity index (χ1n) is 5.73. The van der Waals surface area contributed by atoms with Crippen molar-refractivity contribution < 1.29 is 18.7 Å². The Balaban J connectivity index is 2.10. The number of fused-ring (bicyclic) bond motifs is 1. The minimum absolute atomic E-state index is 0.204. The predicted octanol–water partition coefficient (Wildman–Crippen LogP) is 2.29. The number of carbonyl (C=O) groups excluding carboxylic acids is 1. The summed E-state index contributed by atoms with van der Waals surface area (Å²) in [7, 11) is 0. The minimum atomic E-state index is -0.735. The summed E-state index contributed by atoms with van der Waals surface area (Å²) in [5.41, 5.74) is 3.66. The average Bonchev–Trinajstić information content (AvgIpc) is 2.85. The first-order valence-corrected chi connectivity index (χ1v) is 6.11. The van der Waals surface area contributed by atoms with Crippen molar-refractivity contribution in [3.63, 3.8) is 0 Å². The van der Waals surface area contributed by atoms with Gasteiger partial charge in [0.2, 0.25) is 5.17 Å². The Morgan fingerprint density at radius 3 is 3.16 bits per heavy atom. The highest BCUT2D eigenvalue weighted by Crippen LogP contribution is 2.31. The zero-order chi connectivity index (χ0) is 13.8. The van der Waals surface area contributed by atoms with Crippen molar-refractivity contribution in [2.24, 2.45) is 5.10 Å². The van der Waals surface area contributed by atoms with E-state index >= 15 is 0 Å². The number of anilines is 1. The fraction of sp³-hybridized carbons (Fsp3) is 0.333. The maximum Gasteiger partial charge on any atom is 0.370 e. The van der Waals surface area contributed by atoms with E-state index in [1.54, 1.807) is 13.0 Å². The number of ether oxygens (including phenoxy) is 2. The maximum atomic E-state index is 13.6. The molecule has 0 unspecified atom stereocenters. The number of hydrogen-bond donors (Lipinski definition) is 1. The first kappa shape index (κ1) is 13.6. The van der Waals surface area contributed by atoms with Gasteiger partial charge in [-0.15, -0.1) is 0 Å². The van der Waals surface area contributed by atoms with Gasteiger partial charge in [0, 0.05) is 18.1 Å². The lowest BCUT2D eigenvalue weighted by Crippen LogP contribution is -2.13. The van der Waals surface area contributed by atoms with Crippen LogP contribution in [0.2, 0.25) is 0 Å². The second kappa shape index (κ2) is 5.88. The van der Waals surface area contributed by atoms with Crippen LogP contribution in [0, 0.1) is 5.82 Å². The van der Waals surface area contributed by atoms with Crippen LogP contribution in [0.5, 0.6) is 5.75 Å². The van der Waals surface area contributed by atoms with Crippen molar-refractivity contribution in [2.75, 3.05) is 18.6 Å². The molecule has 7 heteroatoms. The molecule has 1 heterocycles. The number of hydrazone groups is 1. The molecule has 0 spiro atoms. The zero-order valence-electron chi connectivity index (χ0n) is 10.2. The van der Waals surface area contributed by atoms with Crippen LogP contribution in [-0.4, -0.2) is 24.4 Å². The molecule has 0 aliphatic carbocycles. The summed E-state index contributed by atoms with van der Waals surface area (Å²) in [6.07, 6.45) is 0.636. The molecule has 0 saturated heterocycles. The Bertz CT molecular complexity index is 534. The van der Waals surface area contributed by atoms with Crippen LogP contribution < -0.4 is 10.2 Å².